The highest BCUT2D eigenvalue weighted by Gasteiger charge is 2.22. The van der Waals surface area contributed by atoms with Gasteiger partial charge in [0.05, 0.1) is 5.69 Å². The van der Waals surface area contributed by atoms with E-state index in [4.69, 9.17) is 11.6 Å². The molecule has 35 heavy (non-hydrogen) atoms. The second-order valence-electron chi connectivity index (χ2n) is 8.71. The zero-order valence-corrected chi connectivity index (χ0v) is 20.1. The van der Waals surface area contributed by atoms with E-state index in [1.165, 1.54) is 21.2 Å². The molecule has 2 aromatic heterocycles. The van der Waals surface area contributed by atoms with Crippen LogP contribution in [-0.2, 0) is 11.3 Å². The van der Waals surface area contributed by atoms with Crippen molar-refractivity contribution < 1.29 is 9.18 Å². The molecule has 3 heterocycles. The lowest BCUT2D eigenvalue weighted by Gasteiger charge is -2.37. The first-order chi connectivity index (χ1) is 16.9. The van der Waals surface area contributed by atoms with Gasteiger partial charge < -0.3 is 14.4 Å². The number of carbonyl (C=O) groups is 1. The first kappa shape index (κ1) is 23.1. The highest BCUT2D eigenvalue weighted by molar-refractivity contribution is 6.30. The van der Waals surface area contributed by atoms with Gasteiger partial charge in [0.15, 0.2) is 0 Å². The Bertz CT molecular complexity index is 1440. The Labute approximate surface area is 207 Å². The summed E-state index contributed by atoms with van der Waals surface area (Å²) >= 11 is 6.16. The van der Waals surface area contributed by atoms with Gasteiger partial charge in [-0.1, -0.05) is 17.7 Å². The van der Waals surface area contributed by atoms with Crippen LogP contribution in [0.15, 0.2) is 65.7 Å². The molecule has 0 spiro atoms. The molecule has 0 unspecified atom stereocenters. The Balaban J connectivity index is 1.23. The van der Waals surface area contributed by atoms with E-state index in [2.05, 4.69) is 16.9 Å². The molecule has 2 aromatic carbocycles. The summed E-state index contributed by atoms with van der Waals surface area (Å²) in [6, 6.07) is 13.5. The van der Waals surface area contributed by atoms with Crippen LogP contribution in [0.1, 0.15) is 12.0 Å². The van der Waals surface area contributed by atoms with Gasteiger partial charge in [0, 0.05) is 67.8 Å². The number of aryl methyl sites for hydroxylation is 2. The molecule has 1 aliphatic rings. The molecule has 5 rings (SSSR count). The zero-order chi connectivity index (χ0) is 24.5. The van der Waals surface area contributed by atoms with E-state index in [1.807, 2.05) is 23.1 Å². The summed E-state index contributed by atoms with van der Waals surface area (Å²) in [5.41, 5.74) is 3.76. The van der Waals surface area contributed by atoms with Crippen molar-refractivity contribution in [2.45, 2.75) is 19.9 Å². The monoisotopic (exact) mass is 493 g/mol. The molecule has 1 fully saturated rings. The zero-order valence-electron chi connectivity index (χ0n) is 19.3. The number of nitrogens with zero attached hydrogens (tertiary/aromatic N) is 5. The Morgan fingerprint density at radius 2 is 1.77 bits per heavy atom. The predicted octanol–water partition coefficient (Wildman–Crippen LogP) is 4.00. The van der Waals surface area contributed by atoms with Gasteiger partial charge in [-0.15, -0.1) is 0 Å². The van der Waals surface area contributed by atoms with E-state index in [9.17, 15) is 14.0 Å². The van der Waals surface area contributed by atoms with E-state index in [0.29, 0.717) is 35.9 Å². The summed E-state index contributed by atoms with van der Waals surface area (Å²) in [5, 5.41) is 5.12. The maximum Gasteiger partial charge on any atom is 0.276 e. The van der Waals surface area contributed by atoms with Crippen LogP contribution >= 0.6 is 11.6 Å². The topological polar surface area (TPSA) is 62.9 Å². The third-order valence-corrected chi connectivity index (χ3v) is 6.69. The maximum atomic E-state index is 13.2. The van der Waals surface area contributed by atoms with Crippen molar-refractivity contribution in [2.75, 3.05) is 31.1 Å². The molecule has 1 saturated heterocycles. The molecule has 0 saturated carbocycles. The standard InChI is InChI=1S/C26H25ClFN5O2/c1-18-2-5-20(27)16-23(18)30-10-12-31(13-11-30)25(34)8-9-32-14-15-33-24(26(32)35)17-22(29-33)19-3-6-21(28)7-4-19/h2-7,14-17H,8-13H2,1H3. The average molecular weight is 494 g/mol. The summed E-state index contributed by atoms with van der Waals surface area (Å²) in [4.78, 5) is 29.9. The molecule has 7 nitrogen and oxygen atoms in total. The van der Waals surface area contributed by atoms with E-state index < -0.39 is 0 Å². The van der Waals surface area contributed by atoms with Gasteiger partial charge in [-0.2, -0.15) is 5.10 Å². The molecule has 0 bridgehead atoms. The summed E-state index contributed by atoms with van der Waals surface area (Å²) < 4.78 is 16.3. The van der Waals surface area contributed by atoms with Crippen LogP contribution in [0.4, 0.5) is 10.1 Å². The number of amides is 1. The second-order valence-corrected chi connectivity index (χ2v) is 9.15. The van der Waals surface area contributed by atoms with Crippen molar-refractivity contribution >= 4 is 28.7 Å². The highest BCUT2D eigenvalue weighted by Crippen LogP contribution is 2.25. The number of halogens is 2. The van der Waals surface area contributed by atoms with E-state index in [0.717, 1.165) is 29.9 Å². The van der Waals surface area contributed by atoms with Crippen molar-refractivity contribution in [3.05, 3.63) is 87.7 Å². The Morgan fingerprint density at radius 1 is 1.03 bits per heavy atom. The van der Waals surface area contributed by atoms with Crippen molar-refractivity contribution in [3.8, 4) is 11.3 Å². The van der Waals surface area contributed by atoms with Crippen molar-refractivity contribution in [1.29, 1.82) is 0 Å². The number of hydrogen-bond acceptors (Lipinski definition) is 4. The molecule has 1 aliphatic heterocycles. The van der Waals surface area contributed by atoms with Crippen LogP contribution in [-0.4, -0.2) is 51.2 Å². The Morgan fingerprint density at radius 3 is 2.51 bits per heavy atom. The third kappa shape index (κ3) is 4.79. The predicted molar refractivity (Wildman–Crippen MR) is 134 cm³/mol. The molecule has 4 aromatic rings. The van der Waals surface area contributed by atoms with Crippen molar-refractivity contribution in [2.24, 2.45) is 0 Å². The van der Waals surface area contributed by atoms with Crippen LogP contribution in [0, 0.1) is 12.7 Å². The molecular weight excluding hydrogens is 469 g/mol. The molecule has 180 valence electrons. The number of fused-ring (bicyclic) bond motifs is 1. The number of benzene rings is 2. The maximum absolute atomic E-state index is 13.2. The fourth-order valence-corrected chi connectivity index (χ4v) is 4.62. The van der Waals surface area contributed by atoms with Crippen molar-refractivity contribution in [3.63, 3.8) is 0 Å². The minimum atomic E-state index is -0.328. The minimum Gasteiger partial charge on any atom is -0.368 e. The van der Waals surface area contributed by atoms with Gasteiger partial charge >= 0.3 is 0 Å². The molecule has 0 atom stereocenters. The average Bonchev–Trinajstić information content (AvgIpc) is 3.31. The Hall–Kier alpha value is -3.65. The van der Waals surface area contributed by atoms with E-state index in [1.54, 1.807) is 30.6 Å². The summed E-state index contributed by atoms with van der Waals surface area (Å²) in [5.74, 6) is -0.301. The SMILES string of the molecule is Cc1ccc(Cl)cc1N1CCN(C(=O)CCn2ccn3nc(-c4ccc(F)cc4)cc3c2=O)CC1. The van der Waals surface area contributed by atoms with Crippen LogP contribution in [0.25, 0.3) is 16.8 Å². The minimum absolute atomic E-state index is 0.0275. The van der Waals surface area contributed by atoms with Gasteiger partial charge in [-0.3, -0.25) is 9.59 Å². The Kier molecular flexibility index (Phi) is 6.30. The lowest BCUT2D eigenvalue weighted by molar-refractivity contribution is -0.131. The van der Waals surface area contributed by atoms with Gasteiger partial charge in [-0.25, -0.2) is 8.91 Å². The van der Waals surface area contributed by atoms with Gasteiger partial charge in [-0.05, 0) is 55.0 Å². The van der Waals surface area contributed by atoms with Crippen LogP contribution in [0.5, 0.6) is 0 Å². The molecule has 1 amide bonds. The summed E-state index contributed by atoms with van der Waals surface area (Å²) in [6.45, 7) is 5.08. The van der Waals surface area contributed by atoms with Crippen LogP contribution in [0.3, 0.4) is 0 Å². The third-order valence-electron chi connectivity index (χ3n) is 6.45. The molecule has 9 heteroatoms. The van der Waals surface area contributed by atoms with E-state index in [-0.39, 0.29) is 23.7 Å². The van der Waals surface area contributed by atoms with Gasteiger partial charge in [0.1, 0.15) is 11.3 Å². The number of carbonyl (C=O) groups excluding carboxylic acids is 1. The second kappa shape index (κ2) is 9.54. The first-order valence-corrected chi connectivity index (χ1v) is 11.9. The fourth-order valence-electron chi connectivity index (χ4n) is 4.46. The van der Waals surface area contributed by atoms with Crippen LogP contribution in [0.2, 0.25) is 5.02 Å². The van der Waals surface area contributed by atoms with Crippen molar-refractivity contribution in [1.82, 2.24) is 19.1 Å². The molecule has 0 radical (unpaired) electrons. The smallest absolute Gasteiger partial charge is 0.276 e. The fraction of sp³-hybridized carbons (Fsp3) is 0.269. The lowest BCUT2D eigenvalue weighted by Crippen LogP contribution is -2.49. The summed E-state index contributed by atoms with van der Waals surface area (Å²) in [7, 11) is 0. The first-order valence-electron chi connectivity index (χ1n) is 11.5. The molecule has 0 N–H and O–H groups in total. The largest absolute Gasteiger partial charge is 0.368 e. The molecular formula is C26H25ClFN5O2. The van der Waals surface area contributed by atoms with Crippen LogP contribution < -0.4 is 10.5 Å². The molecule has 0 aliphatic carbocycles. The number of hydrogen-bond donors (Lipinski definition) is 0. The van der Waals surface area contributed by atoms with E-state index >= 15 is 0 Å². The summed E-state index contributed by atoms with van der Waals surface area (Å²) in [6.07, 6.45) is 3.58. The lowest BCUT2D eigenvalue weighted by atomic mass is 10.1. The number of anilines is 1. The quantitative estimate of drug-likeness (QED) is 0.421. The van der Waals surface area contributed by atoms with Gasteiger partial charge in [0.25, 0.3) is 5.56 Å². The number of piperazine rings is 1. The highest BCUT2D eigenvalue weighted by atomic mass is 35.5. The van der Waals surface area contributed by atoms with Gasteiger partial charge in [0.2, 0.25) is 5.91 Å². The number of rotatable bonds is 5. The number of aromatic nitrogens is 3. The normalized spacial score (nSPS) is 14.0.